The lowest BCUT2D eigenvalue weighted by molar-refractivity contribution is -0.137. The summed E-state index contributed by atoms with van der Waals surface area (Å²) in [6.45, 7) is 7.93. The molecule has 0 aliphatic carbocycles. The Morgan fingerprint density at radius 1 is 1.12 bits per heavy atom. The number of amides is 2. The molecule has 0 aromatic heterocycles. The molecular formula is C24H33ClN4O4S. The standard InChI is InChI=1S/C24H33ClN4O4S/c1-17-13-22(18(2)12-20(17)25)34(32,33)29-11-7-26-24(31)21(29)14-23(30)28-10-5-6-19(16-28)15-27-8-3-4-9-27/h7,11-13,19,21H,3-6,8-10,14-16H2,1-2H3,(H,26,31)/t19-,21+/m0/s1. The second-order valence-electron chi connectivity index (χ2n) is 9.60. The van der Waals surface area contributed by atoms with Gasteiger partial charge in [0.2, 0.25) is 11.8 Å². The van der Waals surface area contributed by atoms with Crippen LogP contribution in [0.3, 0.4) is 0 Å². The molecule has 0 bridgehead atoms. The molecule has 2 fully saturated rings. The smallest absolute Gasteiger partial charge is 0.264 e. The summed E-state index contributed by atoms with van der Waals surface area (Å²) in [5.74, 6) is -0.283. The first-order valence-electron chi connectivity index (χ1n) is 11.9. The van der Waals surface area contributed by atoms with E-state index in [4.69, 9.17) is 11.6 Å². The van der Waals surface area contributed by atoms with Gasteiger partial charge < -0.3 is 15.1 Å². The van der Waals surface area contributed by atoms with Gasteiger partial charge in [0, 0.05) is 37.1 Å². The first-order chi connectivity index (χ1) is 16.2. The van der Waals surface area contributed by atoms with Gasteiger partial charge in [0.25, 0.3) is 10.0 Å². The van der Waals surface area contributed by atoms with Crippen LogP contribution in [0, 0.1) is 19.8 Å². The van der Waals surface area contributed by atoms with Crippen molar-refractivity contribution in [3.05, 3.63) is 40.7 Å². The molecule has 1 N–H and O–H groups in total. The molecule has 3 aliphatic rings. The number of nitrogens with one attached hydrogen (secondary N) is 1. The van der Waals surface area contributed by atoms with Crippen LogP contribution in [0.2, 0.25) is 5.02 Å². The van der Waals surface area contributed by atoms with E-state index in [9.17, 15) is 18.0 Å². The molecule has 2 atom stereocenters. The second-order valence-corrected chi connectivity index (χ2v) is 11.8. The number of rotatable bonds is 6. The van der Waals surface area contributed by atoms with E-state index in [2.05, 4.69) is 10.2 Å². The predicted molar refractivity (Wildman–Crippen MR) is 131 cm³/mol. The van der Waals surface area contributed by atoms with Crippen molar-refractivity contribution < 1.29 is 18.0 Å². The number of sulfonamides is 1. The average molecular weight is 509 g/mol. The maximum atomic E-state index is 13.6. The third-order valence-electron chi connectivity index (χ3n) is 7.02. The van der Waals surface area contributed by atoms with Gasteiger partial charge in [0.1, 0.15) is 6.04 Å². The van der Waals surface area contributed by atoms with Crippen molar-refractivity contribution in [1.29, 1.82) is 0 Å². The van der Waals surface area contributed by atoms with Crippen LogP contribution in [0.4, 0.5) is 0 Å². The maximum absolute atomic E-state index is 13.6. The van der Waals surface area contributed by atoms with Crippen LogP contribution >= 0.6 is 11.6 Å². The Labute approximate surface area is 207 Å². The average Bonchev–Trinajstić information content (AvgIpc) is 3.30. The van der Waals surface area contributed by atoms with Crippen LogP contribution < -0.4 is 5.32 Å². The van der Waals surface area contributed by atoms with Crippen molar-refractivity contribution in [3.63, 3.8) is 0 Å². The monoisotopic (exact) mass is 508 g/mol. The highest BCUT2D eigenvalue weighted by molar-refractivity contribution is 7.89. The molecule has 3 heterocycles. The number of likely N-dealkylation sites (tertiary alicyclic amines) is 2. The Bertz CT molecular complexity index is 1080. The zero-order valence-corrected chi connectivity index (χ0v) is 21.4. The van der Waals surface area contributed by atoms with Gasteiger partial charge in [0.05, 0.1) is 11.3 Å². The van der Waals surface area contributed by atoms with Gasteiger partial charge in [-0.15, -0.1) is 0 Å². The Kier molecular flexibility index (Phi) is 7.54. The molecule has 2 amide bonds. The molecule has 1 aromatic rings. The van der Waals surface area contributed by atoms with Crippen LogP contribution in [0.5, 0.6) is 0 Å². The Hall–Kier alpha value is -2.10. The molecule has 3 aliphatic heterocycles. The number of hydrogen-bond acceptors (Lipinski definition) is 5. The van der Waals surface area contributed by atoms with Gasteiger partial charge in [-0.1, -0.05) is 11.6 Å². The van der Waals surface area contributed by atoms with Crippen LogP contribution in [-0.4, -0.2) is 73.1 Å². The highest BCUT2D eigenvalue weighted by Crippen LogP contribution is 2.29. The van der Waals surface area contributed by atoms with Gasteiger partial charge >= 0.3 is 0 Å². The molecule has 10 heteroatoms. The minimum Gasteiger partial charge on any atom is -0.342 e. The normalized spacial score (nSPS) is 23.9. The van der Waals surface area contributed by atoms with Gasteiger partial charge in [-0.2, -0.15) is 0 Å². The van der Waals surface area contributed by atoms with Crippen molar-refractivity contribution in [2.45, 2.75) is 56.9 Å². The highest BCUT2D eigenvalue weighted by Gasteiger charge is 2.39. The number of nitrogens with zero attached hydrogens (tertiary/aromatic N) is 3. The predicted octanol–water partition coefficient (Wildman–Crippen LogP) is 2.64. The zero-order valence-electron chi connectivity index (χ0n) is 19.8. The summed E-state index contributed by atoms with van der Waals surface area (Å²) in [5, 5.41) is 3.04. The molecule has 0 unspecified atom stereocenters. The van der Waals surface area contributed by atoms with Crippen LogP contribution in [0.1, 0.15) is 43.2 Å². The Morgan fingerprint density at radius 3 is 2.59 bits per heavy atom. The number of aryl methyl sites for hydroxylation is 2. The lowest BCUT2D eigenvalue weighted by Crippen LogP contribution is -2.52. The van der Waals surface area contributed by atoms with Crippen molar-refractivity contribution in [2.24, 2.45) is 5.92 Å². The van der Waals surface area contributed by atoms with E-state index in [0.717, 1.165) is 36.8 Å². The number of halogens is 1. The van der Waals surface area contributed by atoms with Crippen LogP contribution in [0.25, 0.3) is 0 Å². The third kappa shape index (κ3) is 5.26. The first kappa shape index (κ1) is 25.0. The van der Waals surface area contributed by atoms with E-state index in [0.29, 0.717) is 35.2 Å². The maximum Gasteiger partial charge on any atom is 0.264 e. The van der Waals surface area contributed by atoms with Gasteiger partial charge in [-0.3, -0.25) is 13.9 Å². The molecule has 0 spiro atoms. The zero-order chi connectivity index (χ0) is 24.5. The topological polar surface area (TPSA) is 90.0 Å². The van der Waals surface area contributed by atoms with Gasteiger partial charge in [0.15, 0.2) is 0 Å². The lowest BCUT2D eigenvalue weighted by atomic mass is 9.96. The summed E-state index contributed by atoms with van der Waals surface area (Å²) in [6.07, 6.45) is 6.90. The largest absolute Gasteiger partial charge is 0.342 e. The molecule has 4 rings (SSSR count). The second kappa shape index (κ2) is 10.3. The van der Waals surface area contributed by atoms with Crippen molar-refractivity contribution in [2.75, 3.05) is 32.7 Å². The summed E-state index contributed by atoms with van der Waals surface area (Å²) in [5.41, 5.74) is 1.11. The molecule has 34 heavy (non-hydrogen) atoms. The molecule has 1 aromatic carbocycles. The third-order valence-corrected chi connectivity index (χ3v) is 9.36. The number of benzene rings is 1. The van der Waals surface area contributed by atoms with Crippen LogP contribution in [0.15, 0.2) is 29.4 Å². The van der Waals surface area contributed by atoms with E-state index in [1.54, 1.807) is 24.8 Å². The van der Waals surface area contributed by atoms with E-state index in [1.165, 1.54) is 31.3 Å². The summed E-state index contributed by atoms with van der Waals surface area (Å²) >= 11 is 6.15. The van der Waals surface area contributed by atoms with Gasteiger partial charge in [-0.05, 0) is 81.8 Å². The lowest BCUT2D eigenvalue weighted by Gasteiger charge is -2.37. The molecular weight excluding hydrogens is 476 g/mol. The number of piperidine rings is 1. The van der Waals surface area contributed by atoms with E-state index in [-0.39, 0.29) is 17.2 Å². The Morgan fingerprint density at radius 2 is 1.85 bits per heavy atom. The number of hydrogen-bond donors (Lipinski definition) is 1. The Balaban J connectivity index is 1.50. The summed E-state index contributed by atoms with van der Waals surface area (Å²) in [7, 11) is -4.07. The van der Waals surface area contributed by atoms with Crippen molar-refractivity contribution in [3.8, 4) is 0 Å². The molecule has 186 valence electrons. The van der Waals surface area contributed by atoms with E-state index in [1.807, 2.05) is 0 Å². The van der Waals surface area contributed by atoms with Crippen molar-refractivity contribution >= 4 is 33.4 Å². The summed E-state index contributed by atoms with van der Waals surface area (Å²) < 4.78 is 28.1. The van der Waals surface area contributed by atoms with Gasteiger partial charge in [-0.25, -0.2) is 8.42 Å². The van der Waals surface area contributed by atoms with E-state index >= 15 is 0 Å². The first-order valence-corrected chi connectivity index (χ1v) is 13.8. The number of carbonyl (C=O) groups excluding carboxylic acids is 2. The molecule has 8 nitrogen and oxygen atoms in total. The quantitative estimate of drug-likeness (QED) is 0.638. The van der Waals surface area contributed by atoms with Crippen LogP contribution in [-0.2, 0) is 19.6 Å². The minimum atomic E-state index is -4.07. The number of carbonyl (C=O) groups is 2. The summed E-state index contributed by atoms with van der Waals surface area (Å²) in [6, 6.07) is 1.97. The highest BCUT2D eigenvalue weighted by atomic mass is 35.5. The SMILES string of the molecule is Cc1cc(S(=O)(=O)N2C=CNC(=O)[C@H]2CC(=O)N2CCC[C@@H](CN3CCCC3)C2)c(C)cc1Cl. The minimum absolute atomic E-state index is 0.0786. The molecule has 0 radical (unpaired) electrons. The fourth-order valence-electron chi connectivity index (χ4n) is 5.15. The summed E-state index contributed by atoms with van der Waals surface area (Å²) in [4.78, 5) is 30.3. The molecule has 0 saturated carbocycles. The van der Waals surface area contributed by atoms with Crippen molar-refractivity contribution in [1.82, 2.24) is 19.4 Å². The fourth-order valence-corrected chi connectivity index (χ4v) is 7.11. The molecule has 2 saturated heterocycles. The fraction of sp³-hybridized carbons (Fsp3) is 0.583. The van der Waals surface area contributed by atoms with E-state index < -0.39 is 22.0 Å².